The molecule has 2 aromatic carbocycles. The number of carbonyl (C=O) groups excluding carboxylic acids is 2. The zero-order chi connectivity index (χ0) is 25.3. The molecule has 0 radical (unpaired) electrons. The van der Waals surface area contributed by atoms with Crippen LogP contribution in [0.4, 0.5) is 0 Å². The van der Waals surface area contributed by atoms with Gasteiger partial charge < -0.3 is 10.2 Å². The Bertz CT molecular complexity index is 1190. The zero-order valence-corrected chi connectivity index (χ0v) is 21.8. The van der Waals surface area contributed by atoms with Crippen molar-refractivity contribution in [2.45, 2.75) is 63.9 Å². The fourth-order valence-electron chi connectivity index (χ4n) is 4.97. The molecular formula is C27H35N3O4S. The van der Waals surface area contributed by atoms with Crippen molar-refractivity contribution in [1.29, 1.82) is 0 Å². The lowest BCUT2D eigenvalue weighted by Gasteiger charge is -2.33. The third-order valence-corrected chi connectivity index (χ3v) is 9.14. The van der Waals surface area contributed by atoms with Crippen LogP contribution < -0.4 is 5.32 Å². The molecule has 1 aliphatic carbocycles. The van der Waals surface area contributed by atoms with Crippen LogP contribution in [0.1, 0.15) is 58.3 Å². The minimum atomic E-state index is -3.60. The Morgan fingerprint density at radius 3 is 2.09 bits per heavy atom. The van der Waals surface area contributed by atoms with Gasteiger partial charge in [-0.1, -0.05) is 29.8 Å². The highest BCUT2D eigenvalue weighted by Crippen LogP contribution is 2.29. The van der Waals surface area contributed by atoms with Gasteiger partial charge in [0.2, 0.25) is 15.9 Å². The first-order valence-electron chi connectivity index (χ1n) is 12.3. The van der Waals surface area contributed by atoms with E-state index in [2.05, 4.69) is 5.32 Å². The number of amides is 2. The molecule has 0 bridgehead atoms. The second-order valence-electron chi connectivity index (χ2n) is 10.0. The minimum Gasteiger partial charge on any atom is -0.349 e. The molecule has 8 heteroatoms. The lowest BCUT2D eigenvalue weighted by atomic mass is 9.96. The number of nitrogens with one attached hydrogen (secondary N) is 1. The van der Waals surface area contributed by atoms with Gasteiger partial charge in [-0.05, 0) is 75.3 Å². The standard InChI is InChI=1S/C27H35N3O4S/c1-18-15-19(2)25(20(3)16-18)35(33,34)30-13-11-23(12-14-30)27(32)29(4)17-21-5-7-22(8-6-21)26(31)28-24-9-10-24/h5-8,15-16,23-24H,9-14,17H2,1-4H3,(H,28,31). The molecule has 1 saturated carbocycles. The Kier molecular flexibility index (Phi) is 7.33. The SMILES string of the molecule is Cc1cc(C)c(S(=O)(=O)N2CCC(C(=O)N(C)Cc3ccc(C(=O)NC4CC4)cc3)CC2)c(C)c1. The Hall–Kier alpha value is -2.71. The molecule has 0 aromatic heterocycles. The van der Waals surface area contributed by atoms with Gasteiger partial charge in [0.1, 0.15) is 0 Å². The first kappa shape index (κ1) is 25.4. The maximum Gasteiger partial charge on any atom is 0.251 e. The molecule has 2 amide bonds. The zero-order valence-electron chi connectivity index (χ0n) is 21.0. The molecule has 2 fully saturated rings. The molecule has 35 heavy (non-hydrogen) atoms. The molecule has 4 rings (SSSR count). The third-order valence-electron chi connectivity index (χ3n) is 6.93. The van der Waals surface area contributed by atoms with E-state index in [4.69, 9.17) is 0 Å². The molecule has 0 unspecified atom stereocenters. The van der Waals surface area contributed by atoms with E-state index in [1.807, 2.05) is 45.0 Å². The number of carbonyl (C=O) groups is 2. The molecule has 1 N–H and O–H groups in total. The average Bonchev–Trinajstić information content (AvgIpc) is 3.62. The first-order chi connectivity index (χ1) is 16.6. The van der Waals surface area contributed by atoms with Crippen molar-refractivity contribution in [3.05, 3.63) is 64.2 Å². The van der Waals surface area contributed by atoms with Crippen molar-refractivity contribution < 1.29 is 18.0 Å². The van der Waals surface area contributed by atoms with Crippen LogP contribution in [0.25, 0.3) is 0 Å². The number of aryl methyl sites for hydroxylation is 3. The summed E-state index contributed by atoms with van der Waals surface area (Å²) in [5.41, 5.74) is 4.15. The van der Waals surface area contributed by atoms with Crippen LogP contribution in [0.15, 0.2) is 41.3 Å². The molecule has 188 valence electrons. The van der Waals surface area contributed by atoms with Gasteiger partial charge in [-0.2, -0.15) is 4.31 Å². The summed E-state index contributed by atoms with van der Waals surface area (Å²) in [7, 11) is -1.82. The molecule has 0 atom stereocenters. The first-order valence-corrected chi connectivity index (χ1v) is 13.7. The highest BCUT2D eigenvalue weighted by Gasteiger charge is 2.34. The quantitative estimate of drug-likeness (QED) is 0.634. The predicted octanol–water partition coefficient (Wildman–Crippen LogP) is 3.56. The van der Waals surface area contributed by atoms with Gasteiger partial charge in [-0.25, -0.2) is 8.42 Å². The predicted molar refractivity (Wildman–Crippen MR) is 136 cm³/mol. The van der Waals surface area contributed by atoms with E-state index in [9.17, 15) is 18.0 Å². The lowest BCUT2D eigenvalue weighted by Crippen LogP contribution is -2.43. The Labute approximate surface area is 208 Å². The maximum atomic E-state index is 13.3. The van der Waals surface area contributed by atoms with Crippen LogP contribution in [0.3, 0.4) is 0 Å². The monoisotopic (exact) mass is 497 g/mol. The number of piperidine rings is 1. The largest absolute Gasteiger partial charge is 0.349 e. The third kappa shape index (κ3) is 5.76. The van der Waals surface area contributed by atoms with E-state index in [0.717, 1.165) is 35.1 Å². The smallest absolute Gasteiger partial charge is 0.251 e. The molecule has 1 heterocycles. The van der Waals surface area contributed by atoms with E-state index in [1.165, 1.54) is 4.31 Å². The molecular weight excluding hydrogens is 462 g/mol. The van der Waals surface area contributed by atoms with Crippen LogP contribution in [-0.2, 0) is 21.4 Å². The second-order valence-corrected chi connectivity index (χ2v) is 11.9. The van der Waals surface area contributed by atoms with Crippen LogP contribution in [-0.4, -0.2) is 55.6 Å². The van der Waals surface area contributed by atoms with Crippen LogP contribution in [0, 0.1) is 26.7 Å². The summed E-state index contributed by atoms with van der Waals surface area (Å²) in [5.74, 6) is -0.225. The molecule has 1 saturated heterocycles. The minimum absolute atomic E-state index is 0.0281. The highest BCUT2D eigenvalue weighted by atomic mass is 32.2. The van der Waals surface area contributed by atoms with Crippen molar-refractivity contribution in [3.63, 3.8) is 0 Å². The number of hydrogen-bond donors (Lipinski definition) is 1. The molecule has 2 aliphatic rings. The maximum absolute atomic E-state index is 13.3. The highest BCUT2D eigenvalue weighted by molar-refractivity contribution is 7.89. The molecule has 0 spiro atoms. The van der Waals surface area contributed by atoms with Gasteiger partial charge in [0, 0.05) is 44.2 Å². The van der Waals surface area contributed by atoms with Gasteiger partial charge in [0.15, 0.2) is 0 Å². The fraction of sp³-hybridized carbons (Fsp3) is 0.481. The Balaban J connectivity index is 1.33. The van der Waals surface area contributed by atoms with Gasteiger partial charge >= 0.3 is 0 Å². The lowest BCUT2D eigenvalue weighted by molar-refractivity contribution is -0.135. The van der Waals surface area contributed by atoms with E-state index in [0.29, 0.717) is 49.0 Å². The Morgan fingerprint density at radius 2 is 1.54 bits per heavy atom. The summed E-state index contributed by atoms with van der Waals surface area (Å²) in [6.07, 6.45) is 3.11. The van der Waals surface area contributed by atoms with Crippen LogP contribution in [0.5, 0.6) is 0 Å². The summed E-state index contributed by atoms with van der Waals surface area (Å²) >= 11 is 0. The number of hydrogen-bond acceptors (Lipinski definition) is 4. The molecule has 1 aliphatic heterocycles. The number of sulfonamides is 1. The summed E-state index contributed by atoms with van der Waals surface area (Å²) in [6, 6.07) is 11.5. The molecule has 7 nitrogen and oxygen atoms in total. The topological polar surface area (TPSA) is 86.8 Å². The van der Waals surface area contributed by atoms with Gasteiger partial charge in [-0.15, -0.1) is 0 Å². The van der Waals surface area contributed by atoms with Crippen molar-refractivity contribution in [3.8, 4) is 0 Å². The van der Waals surface area contributed by atoms with E-state index in [1.54, 1.807) is 24.1 Å². The average molecular weight is 498 g/mol. The normalized spacial score (nSPS) is 17.3. The summed E-state index contributed by atoms with van der Waals surface area (Å²) in [4.78, 5) is 27.3. The van der Waals surface area contributed by atoms with Crippen molar-refractivity contribution in [1.82, 2.24) is 14.5 Å². The summed E-state index contributed by atoms with van der Waals surface area (Å²) in [5, 5.41) is 2.97. The fourth-order valence-corrected chi connectivity index (χ4v) is 6.85. The summed E-state index contributed by atoms with van der Waals surface area (Å²) < 4.78 is 28.2. The van der Waals surface area contributed by atoms with Gasteiger partial charge in [0.05, 0.1) is 4.90 Å². The van der Waals surface area contributed by atoms with Crippen molar-refractivity contribution in [2.24, 2.45) is 5.92 Å². The van der Waals surface area contributed by atoms with Crippen molar-refractivity contribution in [2.75, 3.05) is 20.1 Å². The van der Waals surface area contributed by atoms with E-state index < -0.39 is 10.0 Å². The Morgan fingerprint density at radius 1 is 0.971 bits per heavy atom. The number of nitrogens with zero attached hydrogens (tertiary/aromatic N) is 2. The summed E-state index contributed by atoms with van der Waals surface area (Å²) in [6.45, 7) is 6.76. The van der Waals surface area contributed by atoms with Gasteiger partial charge in [0.25, 0.3) is 5.91 Å². The second kappa shape index (κ2) is 10.1. The van der Waals surface area contributed by atoms with Gasteiger partial charge in [-0.3, -0.25) is 9.59 Å². The van der Waals surface area contributed by atoms with Crippen LogP contribution in [0.2, 0.25) is 0 Å². The molecule has 2 aromatic rings. The van der Waals surface area contributed by atoms with E-state index in [-0.39, 0.29) is 17.7 Å². The van der Waals surface area contributed by atoms with Crippen molar-refractivity contribution >= 4 is 21.8 Å². The van der Waals surface area contributed by atoms with E-state index >= 15 is 0 Å². The number of benzene rings is 2. The number of rotatable bonds is 7. The van der Waals surface area contributed by atoms with Crippen LogP contribution >= 0.6 is 0 Å².